The lowest BCUT2D eigenvalue weighted by molar-refractivity contribution is -0.132. The van der Waals surface area contributed by atoms with Crippen molar-refractivity contribution in [2.75, 3.05) is 26.2 Å². The van der Waals surface area contributed by atoms with Gasteiger partial charge in [0.25, 0.3) is 11.7 Å². The molecule has 1 N–H and O–H groups in total. The van der Waals surface area contributed by atoms with Crippen molar-refractivity contribution in [2.24, 2.45) is 0 Å². The highest BCUT2D eigenvalue weighted by Gasteiger charge is 2.47. The van der Waals surface area contributed by atoms with Gasteiger partial charge in [0.2, 0.25) is 0 Å². The molecule has 35 heavy (non-hydrogen) atoms. The third-order valence-corrected chi connectivity index (χ3v) is 5.79. The molecule has 1 saturated heterocycles. The summed E-state index contributed by atoms with van der Waals surface area (Å²) < 4.78 is 16.2. The van der Waals surface area contributed by atoms with E-state index >= 15 is 0 Å². The Morgan fingerprint density at radius 1 is 0.914 bits per heavy atom. The van der Waals surface area contributed by atoms with Crippen LogP contribution in [0.25, 0.3) is 5.76 Å². The van der Waals surface area contributed by atoms with E-state index in [9.17, 15) is 14.7 Å². The minimum Gasteiger partial charge on any atom is -0.506 e. The smallest absolute Gasteiger partial charge is 0.300 e. The molecule has 1 atom stereocenters. The molecule has 3 aromatic carbocycles. The lowest BCUT2D eigenvalue weighted by Gasteiger charge is -2.26. The van der Waals surface area contributed by atoms with Gasteiger partial charge in [0, 0.05) is 5.69 Å². The molecule has 1 heterocycles. The van der Waals surface area contributed by atoms with Crippen molar-refractivity contribution in [1.82, 2.24) is 0 Å². The van der Waals surface area contributed by atoms with E-state index in [0.717, 1.165) is 0 Å². The quantitative estimate of drug-likeness (QED) is 0.326. The first-order chi connectivity index (χ1) is 16.9. The lowest BCUT2D eigenvalue weighted by atomic mass is 9.94. The van der Waals surface area contributed by atoms with Gasteiger partial charge in [-0.1, -0.05) is 18.2 Å². The zero-order chi connectivity index (χ0) is 25.1. The number of ketones is 1. The number of nitrogens with zero attached hydrogens (tertiary/aromatic N) is 2. The van der Waals surface area contributed by atoms with Crippen molar-refractivity contribution in [1.29, 1.82) is 5.26 Å². The molecule has 1 unspecified atom stereocenters. The molecule has 1 amide bonds. The SMILES string of the molecule is COc1cccc(C2/C(=C(\O)c3c(OC)cccc3OC)C(=O)C(=O)N2c2ccc(C#N)cc2)c1. The van der Waals surface area contributed by atoms with Crippen molar-refractivity contribution in [3.63, 3.8) is 0 Å². The summed E-state index contributed by atoms with van der Waals surface area (Å²) in [5, 5.41) is 20.6. The number of Topliss-reactive ketones (excluding diaryl/α,β-unsaturated/α-hetero) is 1. The van der Waals surface area contributed by atoms with Crippen LogP contribution < -0.4 is 19.1 Å². The third kappa shape index (κ3) is 4.04. The molecule has 8 heteroatoms. The van der Waals surface area contributed by atoms with Gasteiger partial charge in [-0.2, -0.15) is 5.26 Å². The third-order valence-electron chi connectivity index (χ3n) is 5.79. The normalized spacial score (nSPS) is 16.6. The van der Waals surface area contributed by atoms with Crippen molar-refractivity contribution < 1.29 is 28.9 Å². The number of carbonyl (C=O) groups excluding carboxylic acids is 2. The van der Waals surface area contributed by atoms with Crippen LogP contribution in [0, 0.1) is 11.3 Å². The minimum absolute atomic E-state index is 0.129. The van der Waals surface area contributed by atoms with E-state index in [1.807, 2.05) is 6.07 Å². The van der Waals surface area contributed by atoms with Gasteiger partial charge in [0.05, 0.1) is 44.6 Å². The zero-order valence-corrected chi connectivity index (χ0v) is 19.3. The molecular weight excluding hydrogens is 448 g/mol. The van der Waals surface area contributed by atoms with Gasteiger partial charge in [0.15, 0.2) is 0 Å². The summed E-state index contributed by atoms with van der Waals surface area (Å²) in [4.78, 5) is 28.0. The molecule has 0 aliphatic carbocycles. The molecule has 1 aliphatic rings. The Balaban J connectivity index is 2.01. The maximum Gasteiger partial charge on any atom is 0.300 e. The highest BCUT2D eigenvalue weighted by atomic mass is 16.5. The summed E-state index contributed by atoms with van der Waals surface area (Å²) in [5.74, 6) is -1.05. The van der Waals surface area contributed by atoms with Crippen molar-refractivity contribution >= 4 is 23.1 Å². The summed E-state index contributed by atoms with van der Waals surface area (Å²) in [6.45, 7) is 0. The van der Waals surface area contributed by atoms with E-state index in [4.69, 9.17) is 19.5 Å². The molecule has 1 aliphatic heterocycles. The molecule has 0 aromatic heterocycles. The van der Waals surface area contributed by atoms with Gasteiger partial charge < -0.3 is 19.3 Å². The first-order valence-electron chi connectivity index (χ1n) is 10.6. The summed E-state index contributed by atoms with van der Waals surface area (Å²) in [6.07, 6.45) is 0. The van der Waals surface area contributed by atoms with E-state index in [0.29, 0.717) is 22.6 Å². The fraction of sp³-hybridized carbons (Fsp3) is 0.148. The first kappa shape index (κ1) is 23.4. The Morgan fingerprint density at radius 2 is 1.54 bits per heavy atom. The molecule has 0 bridgehead atoms. The van der Waals surface area contributed by atoms with Crippen LogP contribution in [0.15, 0.2) is 72.3 Å². The molecule has 3 aromatic rings. The number of ether oxygens (including phenoxy) is 3. The fourth-order valence-electron chi connectivity index (χ4n) is 4.14. The first-order valence-corrected chi connectivity index (χ1v) is 10.6. The molecule has 0 spiro atoms. The molecular formula is C27H22N2O6. The molecule has 4 rings (SSSR count). The van der Waals surface area contributed by atoms with Gasteiger partial charge in [-0.25, -0.2) is 0 Å². The Hall–Kier alpha value is -4.77. The Bertz CT molecular complexity index is 1350. The number of benzene rings is 3. The van der Waals surface area contributed by atoms with Gasteiger partial charge in [-0.15, -0.1) is 0 Å². The number of methoxy groups -OCH3 is 3. The number of aliphatic hydroxyl groups excluding tert-OH is 1. The second-order valence-electron chi connectivity index (χ2n) is 7.64. The average molecular weight is 470 g/mol. The van der Waals surface area contributed by atoms with Crippen LogP contribution in [0.5, 0.6) is 17.2 Å². The summed E-state index contributed by atoms with van der Waals surface area (Å²) >= 11 is 0. The van der Waals surface area contributed by atoms with Gasteiger partial charge in [-0.3, -0.25) is 14.5 Å². The van der Waals surface area contributed by atoms with Gasteiger partial charge >= 0.3 is 0 Å². The van der Waals surface area contributed by atoms with Crippen LogP contribution in [0.2, 0.25) is 0 Å². The lowest BCUT2D eigenvalue weighted by Crippen LogP contribution is -2.29. The number of amides is 1. The van der Waals surface area contributed by atoms with E-state index in [1.54, 1.807) is 66.7 Å². The van der Waals surface area contributed by atoms with E-state index in [2.05, 4.69) is 0 Å². The van der Waals surface area contributed by atoms with Crippen LogP contribution in [-0.2, 0) is 9.59 Å². The number of aliphatic hydroxyl groups is 1. The van der Waals surface area contributed by atoms with Gasteiger partial charge in [-0.05, 0) is 54.1 Å². The number of carbonyl (C=O) groups is 2. The van der Waals surface area contributed by atoms with Crippen LogP contribution >= 0.6 is 0 Å². The fourth-order valence-corrected chi connectivity index (χ4v) is 4.14. The predicted octanol–water partition coefficient (Wildman–Crippen LogP) is 4.21. The summed E-state index contributed by atoms with van der Waals surface area (Å²) in [7, 11) is 4.37. The minimum atomic E-state index is -0.979. The predicted molar refractivity (Wildman–Crippen MR) is 128 cm³/mol. The molecule has 176 valence electrons. The van der Waals surface area contributed by atoms with Crippen LogP contribution in [-0.4, -0.2) is 38.1 Å². The number of nitriles is 1. The van der Waals surface area contributed by atoms with Crippen LogP contribution in [0.4, 0.5) is 5.69 Å². The second kappa shape index (κ2) is 9.61. The Kier molecular flexibility index (Phi) is 6.42. The topological polar surface area (TPSA) is 109 Å². The average Bonchev–Trinajstić information content (AvgIpc) is 3.17. The maximum absolute atomic E-state index is 13.4. The number of hydrogen-bond donors (Lipinski definition) is 1. The largest absolute Gasteiger partial charge is 0.506 e. The number of rotatable bonds is 6. The molecule has 0 saturated carbocycles. The standard InChI is InChI=1S/C27H22N2O6/c1-33-19-7-4-6-17(14-19)24-23(25(30)22-20(34-2)8-5-9-21(22)35-3)26(31)27(32)29(24)18-12-10-16(15-28)11-13-18/h4-14,24,30H,1-3H3/b25-23+. The Labute approximate surface area is 202 Å². The second-order valence-corrected chi connectivity index (χ2v) is 7.64. The molecule has 8 nitrogen and oxygen atoms in total. The monoisotopic (exact) mass is 470 g/mol. The summed E-state index contributed by atoms with van der Waals surface area (Å²) in [6, 6.07) is 19.2. The van der Waals surface area contributed by atoms with Crippen LogP contribution in [0.1, 0.15) is 22.7 Å². The van der Waals surface area contributed by atoms with Crippen molar-refractivity contribution in [2.45, 2.75) is 6.04 Å². The van der Waals surface area contributed by atoms with E-state index < -0.39 is 23.5 Å². The number of anilines is 1. The zero-order valence-electron chi connectivity index (χ0n) is 19.3. The molecule has 0 radical (unpaired) electrons. The summed E-state index contributed by atoms with van der Waals surface area (Å²) in [5.41, 5.74) is 1.37. The highest BCUT2D eigenvalue weighted by Crippen LogP contribution is 2.45. The highest BCUT2D eigenvalue weighted by molar-refractivity contribution is 6.51. The number of hydrogen-bond acceptors (Lipinski definition) is 7. The van der Waals surface area contributed by atoms with Crippen molar-refractivity contribution in [3.05, 3.63) is 89.0 Å². The molecule has 1 fully saturated rings. The van der Waals surface area contributed by atoms with Gasteiger partial charge in [0.1, 0.15) is 28.6 Å². The van der Waals surface area contributed by atoms with Crippen molar-refractivity contribution in [3.8, 4) is 23.3 Å². The van der Waals surface area contributed by atoms with Crippen LogP contribution in [0.3, 0.4) is 0 Å². The van der Waals surface area contributed by atoms with E-state index in [-0.39, 0.29) is 22.6 Å². The Morgan fingerprint density at radius 3 is 2.11 bits per heavy atom. The van der Waals surface area contributed by atoms with E-state index in [1.165, 1.54) is 26.2 Å². The maximum atomic E-state index is 13.4.